The molecule has 3 aromatic carbocycles. The van der Waals surface area contributed by atoms with Crippen LogP contribution in [-0.4, -0.2) is 143 Å². The highest BCUT2D eigenvalue weighted by Gasteiger charge is 2.58. The molecule has 16 heteroatoms. The number of nitrogens with zero attached hydrogens (tertiary/aromatic N) is 6. The summed E-state index contributed by atoms with van der Waals surface area (Å²) < 4.78 is 31.5. The van der Waals surface area contributed by atoms with Crippen LogP contribution in [0, 0.1) is 0 Å². The van der Waals surface area contributed by atoms with Crippen LogP contribution in [0.3, 0.4) is 0 Å². The van der Waals surface area contributed by atoms with Crippen molar-refractivity contribution in [1.82, 2.24) is 19.9 Å². The standard InChI is InChI=1S/C47H56N6O10/c54-26-37-40(55)41(56)42(57)46(62-37)61-22-21-60-20-19-59-18-13-30-25-52(49-48-30)27-53-45(58)31-9-1-2-12-34(31)47(53)35-23-28-7-3-14-50-16-5-10-32(38(28)50)43(35)63-44-33-11-6-17-51-15-4-8-29(39(33)51)24-36(44)47/h1-2,9,12,23-25,37,40-42,46,54-57H,3-8,10-11,13-22,26-27H2/t37?,40-,41?,42?,46-/m0/s1. The van der Waals surface area contributed by atoms with Gasteiger partial charge < -0.3 is 58.8 Å². The maximum atomic E-state index is 15.1. The zero-order valence-corrected chi connectivity index (χ0v) is 35.5. The highest BCUT2D eigenvalue weighted by molar-refractivity contribution is 6.02. The predicted molar refractivity (Wildman–Crippen MR) is 228 cm³/mol. The first kappa shape index (κ1) is 41.1. The molecule has 0 radical (unpaired) electrons. The zero-order valence-electron chi connectivity index (χ0n) is 35.5. The maximum Gasteiger partial charge on any atom is 0.257 e. The van der Waals surface area contributed by atoms with Gasteiger partial charge in [-0.2, -0.15) is 0 Å². The second-order valence-corrected chi connectivity index (χ2v) is 17.9. The molecule has 1 saturated heterocycles. The van der Waals surface area contributed by atoms with E-state index in [0.29, 0.717) is 31.8 Å². The minimum absolute atomic E-state index is 0.0376. The first-order valence-corrected chi connectivity index (χ1v) is 22.8. The second-order valence-electron chi connectivity index (χ2n) is 17.9. The Morgan fingerprint density at radius 1 is 0.746 bits per heavy atom. The highest BCUT2D eigenvalue weighted by atomic mass is 16.7. The van der Waals surface area contributed by atoms with Crippen molar-refractivity contribution in [2.75, 3.05) is 75.6 Å². The van der Waals surface area contributed by atoms with Gasteiger partial charge in [-0.1, -0.05) is 23.4 Å². The van der Waals surface area contributed by atoms with Gasteiger partial charge in [-0.25, -0.2) is 4.68 Å². The fourth-order valence-electron chi connectivity index (χ4n) is 11.5. The van der Waals surface area contributed by atoms with E-state index in [1.54, 1.807) is 4.68 Å². The van der Waals surface area contributed by atoms with Gasteiger partial charge in [0.15, 0.2) is 6.29 Å². The lowest BCUT2D eigenvalue weighted by molar-refractivity contribution is -0.302. The van der Waals surface area contributed by atoms with E-state index in [0.717, 1.165) is 111 Å². The molecule has 11 rings (SSSR count). The number of aryl methyl sites for hydroxylation is 2. The Balaban J connectivity index is 0.840. The number of amides is 1. The Morgan fingerprint density at radius 2 is 1.37 bits per heavy atom. The molecule has 0 aliphatic carbocycles. The molecule has 4 aromatic rings. The van der Waals surface area contributed by atoms with Crippen molar-refractivity contribution in [3.8, 4) is 11.5 Å². The molecule has 3 unspecified atom stereocenters. The molecule has 334 valence electrons. The van der Waals surface area contributed by atoms with Crippen LogP contribution in [0.25, 0.3) is 0 Å². The summed E-state index contributed by atoms with van der Waals surface area (Å²) in [6.07, 6.45) is 4.00. The van der Waals surface area contributed by atoms with Gasteiger partial charge in [-0.3, -0.25) is 4.79 Å². The summed E-state index contributed by atoms with van der Waals surface area (Å²) in [7, 11) is 0. The lowest BCUT2D eigenvalue weighted by atomic mass is 9.70. The van der Waals surface area contributed by atoms with Gasteiger partial charge in [-0.05, 0) is 86.3 Å². The van der Waals surface area contributed by atoms with Crippen LogP contribution in [-0.2, 0) is 63.3 Å². The van der Waals surface area contributed by atoms with E-state index in [2.05, 4.69) is 44.4 Å². The van der Waals surface area contributed by atoms with E-state index >= 15 is 4.79 Å². The Morgan fingerprint density at radius 3 is 2.03 bits per heavy atom. The number of ether oxygens (including phenoxy) is 5. The van der Waals surface area contributed by atoms with Crippen LogP contribution >= 0.6 is 0 Å². The Labute approximate surface area is 365 Å². The molecule has 16 nitrogen and oxygen atoms in total. The summed E-state index contributed by atoms with van der Waals surface area (Å²) in [4.78, 5) is 22.3. The number of hydrogen-bond acceptors (Lipinski definition) is 14. The number of fused-ring (bicyclic) bond motifs is 8. The average molecular weight is 865 g/mol. The molecule has 63 heavy (non-hydrogen) atoms. The molecular weight excluding hydrogens is 809 g/mol. The number of hydrogen-bond donors (Lipinski definition) is 4. The monoisotopic (exact) mass is 864 g/mol. The molecule has 1 amide bonds. The smallest absolute Gasteiger partial charge is 0.257 e. The van der Waals surface area contributed by atoms with Gasteiger partial charge in [0.25, 0.3) is 5.91 Å². The highest BCUT2D eigenvalue weighted by Crippen LogP contribution is 2.62. The van der Waals surface area contributed by atoms with E-state index in [4.69, 9.17) is 23.7 Å². The van der Waals surface area contributed by atoms with E-state index in [1.807, 2.05) is 23.2 Å². The number of anilines is 2. The summed E-state index contributed by atoms with van der Waals surface area (Å²) in [6, 6.07) is 12.9. The number of aromatic nitrogens is 3. The van der Waals surface area contributed by atoms with Gasteiger partial charge in [0.1, 0.15) is 48.1 Å². The lowest BCUT2D eigenvalue weighted by Crippen LogP contribution is -2.59. The quantitative estimate of drug-likeness (QED) is 0.144. The first-order chi connectivity index (χ1) is 30.9. The van der Waals surface area contributed by atoms with Crippen molar-refractivity contribution in [2.45, 2.75) is 101 Å². The summed E-state index contributed by atoms with van der Waals surface area (Å²) in [6.45, 7) is 5.14. The number of carbonyl (C=O) groups excluding carboxylic acids is 1. The molecular formula is C47H56N6O10. The summed E-state index contributed by atoms with van der Waals surface area (Å²) in [5, 5.41) is 48.6. The molecule has 7 aliphatic rings. The molecule has 7 aliphatic heterocycles. The number of rotatable bonds is 13. The van der Waals surface area contributed by atoms with Crippen molar-refractivity contribution < 1.29 is 48.9 Å². The SMILES string of the molecule is O=C1c2ccccc2C2(c3cc4c5c(c3Oc3c2cc2c6c3CCCN6CCC2)CCCN5CCC4)N1Cn1cc(CCOCCOCCO[C@H]2OC(CO)[C@H](O)C(O)C2O)nn1. The van der Waals surface area contributed by atoms with Gasteiger partial charge in [0.2, 0.25) is 0 Å². The minimum Gasteiger partial charge on any atom is -0.456 e. The number of aliphatic hydroxyl groups is 4. The molecule has 1 aromatic heterocycles. The van der Waals surface area contributed by atoms with Crippen LogP contribution < -0.4 is 14.5 Å². The minimum atomic E-state index is -1.50. The van der Waals surface area contributed by atoms with Crippen LogP contribution in [0.15, 0.2) is 42.6 Å². The van der Waals surface area contributed by atoms with Crippen molar-refractivity contribution in [1.29, 1.82) is 0 Å². The average Bonchev–Trinajstić information content (AvgIpc) is 3.86. The third-order valence-electron chi connectivity index (χ3n) is 14.2. The van der Waals surface area contributed by atoms with Crippen molar-refractivity contribution in [3.05, 3.63) is 92.8 Å². The Bertz CT molecular complexity index is 2300. The molecule has 0 saturated carbocycles. The summed E-state index contributed by atoms with van der Waals surface area (Å²) in [5.41, 5.74) is 11.5. The van der Waals surface area contributed by atoms with E-state index in [-0.39, 0.29) is 25.8 Å². The van der Waals surface area contributed by atoms with Crippen LogP contribution in [0.4, 0.5) is 11.4 Å². The molecule has 1 fully saturated rings. The molecule has 0 bridgehead atoms. The number of benzene rings is 3. The predicted octanol–water partition coefficient (Wildman–Crippen LogP) is 2.58. The van der Waals surface area contributed by atoms with E-state index in [1.165, 1.54) is 33.6 Å². The van der Waals surface area contributed by atoms with Gasteiger partial charge in [0.05, 0.1) is 51.5 Å². The molecule has 5 atom stereocenters. The second kappa shape index (κ2) is 16.7. The van der Waals surface area contributed by atoms with Gasteiger partial charge >= 0.3 is 0 Å². The van der Waals surface area contributed by atoms with Gasteiger partial charge in [0, 0.05) is 71.8 Å². The fourth-order valence-corrected chi connectivity index (χ4v) is 11.5. The fraction of sp³-hybridized carbons (Fsp3) is 0.553. The van der Waals surface area contributed by atoms with Crippen LogP contribution in [0.2, 0.25) is 0 Å². The van der Waals surface area contributed by atoms with Gasteiger partial charge in [-0.15, -0.1) is 5.10 Å². The van der Waals surface area contributed by atoms with Crippen LogP contribution in [0.1, 0.15) is 80.7 Å². The third kappa shape index (κ3) is 6.75. The Hall–Kier alpha value is -4.65. The van der Waals surface area contributed by atoms with Crippen LogP contribution in [0.5, 0.6) is 11.5 Å². The molecule has 8 heterocycles. The van der Waals surface area contributed by atoms with E-state index in [9.17, 15) is 20.4 Å². The number of aliphatic hydroxyl groups excluding tert-OH is 4. The normalized spacial score (nSPS) is 25.0. The third-order valence-corrected chi connectivity index (χ3v) is 14.2. The maximum absolute atomic E-state index is 15.1. The Kier molecular flexibility index (Phi) is 10.9. The zero-order chi connectivity index (χ0) is 42.8. The van der Waals surface area contributed by atoms with Crippen molar-refractivity contribution in [2.24, 2.45) is 0 Å². The molecule has 1 spiro atoms. The molecule has 4 N–H and O–H groups in total. The lowest BCUT2D eigenvalue weighted by Gasteiger charge is -2.48. The van der Waals surface area contributed by atoms with Crippen molar-refractivity contribution in [3.63, 3.8) is 0 Å². The van der Waals surface area contributed by atoms with E-state index < -0.39 is 42.9 Å². The topological polar surface area (TPSA) is 185 Å². The number of carbonyl (C=O) groups is 1. The largest absolute Gasteiger partial charge is 0.456 e. The summed E-state index contributed by atoms with van der Waals surface area (Å²) in [5.74, 6) is 1.81. The summed E-state index contributed by atoms with van der Waals surface area (Å²) >= 11 is 0. The van der Waals surface area contributed by atoms with Crippen molar-refractivity contribution >= 4 is 17.3 Å². The first-order valence-electron chi connectivity index (χ1n) is 22.8.